The van der Waals surface area contributed by atoms with Crippen molar-refractivity contribution in [3.63, 3.8) is 0 Å². The molecule has 1 aliphatic rings. The number of pyridine rings is 1. The summed E-state index contributed by atoms with van der Waals surface area (Å²) in [6.07, 6.45) is 6.71. The third-order valence-electron chi connectivity index (χ3n) is 3.32. The fourth-order valence-corrected chi connectivity index (χ4v) is 2.17. The lowest BCUT2D eigenvalue weighted by Crippen LogP contribution is -2.55. The normalized spacial score (nSPS) is 17.4. The van der Waals surface area contributed by atoms with Gasteiger partial charge in [-0.3, -0.25) is 9.78 Å². The first-order valence-corrected chi connectivity index (χ1v) is 6.91. The molecule has 2 heterocycles. The lowest BCUT2D eigenvalue weighted by Gasteiger charge is -2.35. The summed E-state index contributed by atoms with van der Waals surface area (Å²) in [6.45, 7) is 0. The van der Waals surface area contributed by atoms with E-state index in [0.717, 1.165) is 10.5 Å². The van der Waals surface area contributed by atoms with Gasteiger partial charge in [-0.05, 0) is 23.8 Å². The van der Waals surface area contributed by atoms with Crippen molar-refractivity contribution in [3.8, 4) is 5.75 Å². The zero-order valence-corrected chi connectivity index (χ0v) is 11.8. The summed E-state index contributed by atoms with van der Waals surface area (Å²) in [5.74, 6) is 0.184. The van der Waals surface area contributed by atoms with E-state index in [-0.39, 0.29) is 11.9 Å². The van der Waals surface area contributed by atoms with E-state index in [1.54, 1.807) is 36.7 Å². The molecule has 1 aromatic heterocycles. The highest BCUT2D eigenvalue weighted by atomic mass is 16.6. The number of benzene rings is 1. The van der Waals surface area contributed by atoms with Crippen LogP contribution in [0.1, 0.15) is 12.0 Å². The van der Waals surface area contributed by atoms with Gasteiger partial charge in [-0.2, -0.15) is 0 Å². The fourth-order valence-electron chi connectivity index (χ4n) is 2.17. The van der Waals surface area contributed by atoms with Gasteiger partial charge in [-0.1, -0.05) is 36.4 Å². The predicted octanol–water partition coefficient (Wildman–Crippen LogP) is 2.89. The summed E-state index contributed by atoms with van der Waals surface area (Å²) < 4.78 is 5.19. The molecule has 2 amide bonds. The molecule has 2 aromatic rings. The van der Waals surface area contributed by atoms with Crippen LogP contribution >= 0.6 is 0 Å². The van der Waals surface area contributed by atoms with E-state index in [2.05, 4.69) is 4.98 Å². The summed E-state index contributed by atoms with van der Waals surface area (Å²) in [7, 11) is 0. The van der Waals surface area contributed by atoms with Gasteiger partial charge in [-0.25, -0.2) is 9.69 Å². The van der Waals surface area contributed by atoms with Crippen LogP contribution in [0.4, 0.5) is 4.79 Å². The number of aromatic nitrogens is 1. The van der Waals surface area contributed by atoms with Crippen molar-refractivity contribution < 1.29 is 14.3 Å². The second kappa shape index (κ2) is 6.22. The van der Waals surface area contributed by atoms with Crippen molar-refractivity contribution in [2.45, 2.75) is 12.5 Å². The summed E-state index contributed by atoms with van der Waals surface area (Å²) in [6, 6.07) is 12.1. The van der Waals surface area contributed by atoms with Gasteiger partial charge in [0.25, 0.3) is 0 Å². The Labute approximate surface area is 127 Å². The number of hydrogen-bond donors (Lipinski definition) is 0. The van der Waals surface area contributed by atoms with E-state index in [1.807, 2.05) is 30.4 Å². The van der Waals surface area contributed by atoms with Crippen LogP contribution in [-0.2, 0) is 4.79 Å². The number of rotatable bonds is 3. The van der Waals surface area contributed by atoms with Crippen molar-refractivity contribution in [2.75, 3.05) is 0 Å². The van der Waals surface area contributed by atoms with Crippen LogP contribution < -0.4 is 4.74 Å². The second-order valence-corrected chi connectivity index (χ2v) is 4.86. The van der Waals surface area contributed by atoms with Gasteiger partial charge in [0.2, 0.25) is 5.91 Å². The summed E-state index contributed by atoms with van der Waals surface area (Å²) in [5.41, 5.74) is 0.915. The molecular formula is C17H14N2O3. The predicted molar refractivity (Wildman–Crippen MR) is 81.0 cm³/mol. The van der Waals surface area contributed by atoms with E-state index >= 15 is 0 Å². The minimum Gasteiger partial charge on any atom is -0.410 e. The first-order chi connectivity index (χ1) is 10.7. The maximum Gasteiger partial charge on any atom is 0.422 e. The van der Waals surface area contributed by atoms with Gasteiger partial charge < -0.3 is 4.74 Å². The number of hydrogen-bond acceptors (Lipinski definition) is 4. The molecule has 1 saturated heterocycles. The second-order valence-electron chi connectivity index (χ2n) is 4.86. The molecule has 0 bridgehead atoms. The van der Waals surface area contributed by atoms with Gasteiger partial charge in [0.05, 0.1) is 12.5 Å². The largest absolute Gasteiger partial charge is 0.422 e. The minimum atomic E-state index is -0.650. The number of ether oxygens (including phenoxy) is 1. The molecule has 1 aliphatic heterocycles. The van der Waals surface area contributed by atoms with Crippen LogP contribution in [-0.4, -0.2) is 27.9 Å². The molecule has 5 nitrogen and oxygen atoms in total. The SMILES string of the molecule is O=C1C[C@@H](/C=C/c2cccnc2)N1C(=O)Oc1ccccc1. The smallest absolute Gasteiger partial charge is 0.410 e. The molecule has 0 aliphatic carbocycles. The number of imide groups is 1. The summed E-state index contributed by atoms with van der Waals surface area (Å²) in [5, 5.41) is 0. The molecule has 0 spiro atoms. The first kappa shape index (κ1) is 14.0. The Balaban J connectivity index is 1.66. The lowest BCUT2D eigenvalue weighted by atomic mass is 10.0. The van der Waals surface area contributed by atoms with Crippen molar-refractivity contribution in [3.05, 3.63) is 66.5 Å². The molecule has 110 valence electrons. The van der Waals surface area contributed by atoms with E-state index < -0.39 is 6.09 Å². The van der Waals surface area contributed by atoms with Gasteiger partial charge in [0, 0.05) is 12.4 Å². The molecule has 3 rings (SSSR count). The number of nitrogens with zero attached hydrogens (tertiary/aromatic N) is 2. The highest BCUT2D eigenvalue weighted by Gasteiger charge is 2.40. The minimum absolute atomic E-state index is 0.234. The Hall–Kier alpha value is -2.95. The standard InChI is InChI=1S/C17H14N2O3/c20-16-11-14(9-8-13-5-4-10-18-12-13)19(16)17(21)22-15-6-2-1-3-7-15/h1-10,12,14H,11H2/b9-8+/t14-/m1/s1. The quantitative estimate of drug-likeness (QED) is 0.817. The van der Waals surface area contributed by atoms with Gasteiger partial charge in [0.1, 0.15) is 5.75 Å². The fraction of sp³-hybridized carbons (Fsp3) is 0.118. The van der Waals surface area contributed by atoms with Gasteiger partial charge in [0.15, 0.2) is 0 Å². The maximum absolute atomic E-state index is 12.1. The average molecular weight is 294 g/mol. The Morgan fingerprint density at radius 1 is 1.23 bits per heavy atom. The first-order valence-electron chi connectivity index (χ1n) is 6.91. The molecular weight excluding hydrogens is 280 g/mol. The number of likely N-dealkylation sites (tertiary alicyclic amines) is 1. The Kier molecular flexibility index (Phi) is 3.96. The van der Waals surface area contributed by atoms with Crippen LogP contribution in [0.5, 0.6) is 5.75 Å². The molecule has 5 heteroatoms. The van der Waals surface area contributed by atoms with E-state index in [4.69, 9.17) is 4.74 Å². The topological polar surface area (TPSA) is 59.5 Å². The molecule has 0 N–H and O–H groups in total. The molecule has 0 saturated carbocycles. The van der Waals surface area contributed by atoms with Crippen molar-refractivity contribution in [1.82, 2.24) is 9.88 Å². The van der Waals surface area contributed by atoms with Crippen LogP contribution in [0.3, 0.4) is 0 Å². The number of amides is 2. The molecule has 0 unspecified atom stereocenters. The van der Waals surface area contributed by atoms with Crippen molar-refractivity contribution in [2.24, 2.45) is 0 Å². The highest BCUT2D eigenvalue weighted by Crippen LogP contribution is 2.23. The monoisotopic (exact) mass is 294 g/mol. The summed E-state index contributed by atoms with van der Waals surface area (Å²) >= 11 is 0. The van der Waals surface area contributed by atoms with Crippen LogP contribution in [0.15, 0.2) is 60.9 Å². The van der Waals surface area contributed by atoms with Crippen LogP contribution in [0.2, 0.25) is 0 Å². The molecule has 1 aromatic carbocycles. The van der Waals surface area contributed by atoms with E-state index in [0.29, 0.717) is 12.2 Å². The van der Waals surface area contributed by atoms with E-state index in [1.165, 1.54) is 0 Å². The third-order valence-corrected chi connectivity index (χ3v) is 3.32. The Morgan fingerprint density at radius 3 is 2.73 bits per heavy atom. The van der Waals surface area contributed by atoms with E-state index in [9.17, 15) is 9.59 Å². The number of carbonyl (C=O) groups excluding carboxylic acids is 2. The van der Waals surface area contributed by atoms with Crippen LogP contribution in [0.25, 0.3) is 6.08 Å². The maximum atomic E-state index is 12.1. The molecule has 1 atom stereocenters. The van der Waals surface area contributed by atoms with Crippen molar-refractivity contribution >= 4 is 18.1 Å². The molecule has 1 fully saturated rings. The third kappa shape index (κ3) is 3.03. The molecule has 0 radical (unpaired) electrons. The van der Waals surface area contributed by atoms with Gasteiger partial charge >= 0.3 is 6.09 Å². The Morgan fingerprint density at radius 2 is 2.05 bits per heavy atom. The summed E-state index contributed by atoms with van der Waals surface area (Å²) in [4.78, 5) is 28.9. The van der Waals surface area contributed by atoms with Crippen molar-refractivity contribution in [1.29, 1.82) is 0 Å². The number of para-hydroxylation sites is 1. The average Bonchev–Trinajstić information content (AvgIpc) is 2.53. The van der Waals surface area contributed by atoms with Gasteiger partial charge in [-0.15, -0.1) is 0 Å². The lowest BCUT2D eigenvalue weighted by molar-refractivity contribution is -0.139. The Bertz CT molecular complexity index is 698. The number of β-lactam (4-membered cyclic amide) rings is 1. The molecule has 22 heavy (non-hydrogen) atoms. The zero-order chi connectivity index (χ0) is 15.4. The zero-order valence-electron chi connectivity index (χ0n) is 11.8. The highest BCUT2D eigenvalue weighted by molar-refractivity contribution is 5.99. The number of carbonyl (C=O) groups is 2. The van der Waals surface area contributed by atoms with Crippen LogP contribution in [0, 0.1) is 0 Å².